The molecule has 118 valence electrons. The van der Waals surface area contributed by atoms with Crippen molar-refractivity contribution in [1.82, 2.24) is 0 Å². The van der Waals surface area contributed by atoms with Crippen LogP contribution >= 0.6 is 0 Å². The van der Waals surface area contributed by atoms with Crippen LogP contribution in [0.3, 0.4) is 0 Å². The Bertz CT molecular complexity index is 610. The van der Waals surface area contributed by atoms with Gasteiger partial charge >= 0.3 is 0 Å². The van der Waals surface area contributed by atoms with Crippen molar-refractivity contribution in [3.8, 4) is 5.75 Å². The Balaban J connectivity index is 2.34. The van der Waals surface area contributed by atoms with Gasteiger partial charge in [-0.1, -0.05) is 19.9 Å². The Morgan fingerprint density at radius 2 is 1.95 bits per heavy atom. The average Bonchev–Trinajstić information content (AvgIpc) is 2.45. The van der Waals surface area contributed by atoms with Gasteiger partial charge in [0.05, 0.1) is 17.6 Å². The van der Waals surface area contributed by atoms with Crippen molar-refractivity contribution in [1.29, 1.82) is 0 Å². The molecule has 0 fully saturated rings. The van der Waals surface area contributed by atoms with Crippen LogP contribution in [0.25, 0.3) is 0 Å². The molecule has 1 aromatic carbocycles. The van der Waals surface area contributed by atoms with E-state index in [2.05, 4.69) is 0 Å². The minimum atomic E-state index is -3.23. The van der Waals surface area contributed by atoms with Gasteiger partial charge in [0, 0.05) is 6.04 Å². The lowest BCUT2D eigenvalue weighted by atomic mass is 9.87. The van der Waals surface area contributed by atoms with Gasteiger partial charge in [0.1, 0.15) is 5.75 Å². The summed E-state index contributed by atoms with van der Waals surface area (Å²) in [5.41, 5.74) is 8.33. The summed E-state index contributed by atoms with van der Waals surface area (Å²) in [7, 11) is -1.60. The molecular formula is C16H25NO3S. The van der Waals surface area contributed by atoms with E-state index in [0.717, 1.165) is 23.3 Å². The summed E-state index contributed by atoms with van der Waals surface area (Å²) in [5.74, 6) is 0.886. The molecule has 0 amide bonds. The fourth-order valence-corrected chi connectivity index (χ4v) is 5.26. The monoisotopic (exact) mass is 311 g/mol. The summed E-state index contributed by atoms with van der Waals surface area (Å²) in [5, 5.41) is -0.857. The van der Waals surface area contributed by atoms with Gasteiger partial charge in [-0.05, 0) is 48.9 Å². The number of ether oxygens (including phenoxy) is 1. The maximum absolute atomic E-state index is 12.8. The van der Waals surface area contributed by atoms with Gasteiger partial charge in [-0.3, -0.25) is 0 Å². The van der Waals surface area contributed by atoms with E-state index in [4.69, 9.17) is 10.5 Å². The third-order valence-corrected chi connectivity index (χ3v) is 7.64. The Kier molecular flexibility index (Phi) is 4.63. The Labute approximate surface area is 127 Å². The topological polar surface area (TPSA) is 69.4 Å². The van der Waals surface area contributed by atoms with Crippen molar-refractivity contribution in [2.24, 2.45) is 11.7 Å². The Morgan fingerprint density at radius 1 is 1.29 bits per heavy atom. The standard InChI is InChI=1S/C16H25NO3S/c1-10(2)11(3)21(18,19)15-8-5-12-9-13(20-4)6-7-14(12)16(15)17/h6-7,9-11,15-16H,5,8,17H2,1-4H3. The summed E-state index contributed by atoms with van der Waals surface area (Å²) in [6.45, 7) is 5.67. The predicted octanol–water partition coefficient (Wildman–Crippen LogP) is 2.47. The molecule has 0 heterocycles. The molecule has 0 spiro atoms. The van der Waals surface area contributed by atoms with Gasteiger partial charge in [0.2, 0.25) is 0 Å². The fraction of sp³-hybridized carbons (Fsp3) is 0.625. The molecule has 4 nitrogen and oxygen atoms in total. The number of methoxy groups -OCH3 is 1. The third kappa shape index (κ3) is 2.94. The molecule has 0 aliphatic heterocycles. The second kappa shape index (κ2) is 5.97. The van der Waals surface area contributed by atoms with Crippen molar-refractivity contribution in [3.05, 3.63) is 29.3 Å². The largest absolute Gasteiger partial charge is 0.497 e. The van der Waals surface area contributed by atoms with Gasteiger partial charge in [-0.15, -0.1) is 0 Å². The number of hydrogen-bond donors (Lipinski definition) is 1. The van der Waals surface area contributed by atoms with E-state index in [1.807, 2.05) is 32.0 Å². The van der Waals surface area contributed by atoms with Crippen molar-refractivity contribution >= 4 is 9.84 Å². The summed E-state index contributed by atoms with van der Waals surface area (Å²) in [4.78, 5) is 0. The van der Waals surface area contributed by atoms with Gasteiger partial charge in [-0.2, -0.15) is 0 Å². The molecule has 5 heteroatoms. The summed E-state index contributed by atoms with van der Waals surface area (Å²) in [6.07, 6.45) is 1.32. The van der Waals surface area contributed by atoms with Crippen LogP contribution in [0.2, 0.25) is 0 Å². The van der Waals surface area contributed by atoms with E-state index in [1.165, 1.54) is 0 Å². The summed E-state index contributed by atoms with van der Waals surface area (Å²) >= 11 is 0. The van der Waals surface area contributed by atoms with Gasteiger partial charge in [0.15, 0.2) is 9.84 Å². The molecule has 0 saturated carbocycles. The first kappa shape index (κ1) is 16.3. The number of nitrogens with two attached hydrogens (primary N) is 1. The van der Waals surface area contributed by atoms with E-state index in [1.54, 1.807) is 14.0 Å². The first-order chi connectivity index (χ1) is 9.78. The summed E-state index contributed by atoms with van der Waals surface area (Å²) < 4.78 is 30.8. The minimum Gasteiger partial charge on any atom is -0.497 e. The van der Waals surface area contributed by atoms with Crippen LogP contribution in [0, 0.1) is 5.92 Å². The first-order valence-corrected chi connectivity index (χ1v) is 9.05. The molecule has 2 rings (SSSR count). The number of benzene rings is 1. The van der Waals surface area contributed by atoms with Crippen LogP contribution in [0.4, 0.5) is 0 Å². The SMILES string of the molecule is COc1ccc2c(c1)CCC(S(=O)(=O)C(C)C(C)C)C2N. The molecule has 1 aliphatic rings. The molecule has 0 bridgehead atoms. The lowest BCUT2D eigenvalue weighted by Gasteiger charge is -2.33. The minimum absolute atomic E-state index is 0.0967. The highest BCUT2D eigenvalue weighted by molar-refractivity contribution is 7.92. The van der Waals surface area contributed by atoms with Gasteiger partial charge in [0.25, 0.3) is 0 Å². The van der Waals surface area contributed by atoms with Crippen LogP contribution in [0.5, 0.6) is 5.75 Å². The van der Waals surface area contributed by atoms with Crippen LogP contribution in [-0.2, 0) is 16.3 Å². The predicted molar refractivity (Wildman–Crippen MR) is 85.3 cm³/mol. The zero-order chi connectivity index (χ0) is 15.8. The number of fused-ring (bicyclic) bond motifs is 1. The van der Waals surface area contributed by atoms with E-state index < -0.39 is 21.1 Å². The molecule has 3 unspecified atom stereocenters. The second-order valence-electron chi connectivity index (χ2n) is 6.21. The number of aryl methyl sites for hydroxylation is 1. The smallest absolute Gasteiger partial charge is 0.157 e. The third-order valence-electron chi connectivity index (χ3n) is 4.69. The second-order valence-corrected chi connectivity index (χ2v) is 8.73. The molecule has 2 N–H and O–H groups in total. The Hall–Kier alpha value is -1.07. The van der Waals surface area contributed by atoms with Crippen LogP contribution < -0.4 is 10.5 Å². The lowest BCUT2D eigenvalue weighted by Crippen LogP contribution is -2.42. The molecule has 0 radical (unpaired) electrons. The van der Waals surface area contributed by atoms with Crippen LogP contribution in [-0.4, -0.2) is 26.0 Å². The maximum atomic E-state index is 12.8. The molecule has 1 aliphatic carbocycles. The number of hydrogen-bond acceptors (Lipinski definition) is 4. The summed E-state index contributed by atoms with van der Waals surface area (Å²) in [6, 6.07) is 5.26. The molecule has 1 aromatic rings. The van der Waals surface area contributed by atoms with E-state index in [9.17, 15) is 8.42 Å². The number of rotatable bonds is 4. The first-order valence-electron chi connectivity index (χ1n) is 7.44. The lowest BCUT2D eigenvalue weighted by molar-refractivity contribution is 0.413. The number of sulfone groups is 1. The van der Waals surface area contributed by atoms with Crippen LogP contribution in [0.1, 0.15) is 44.4 Å². The maximum Gasteiger partial charge on any atom is 0.157 e. The molecule has 21 heavy (non-hydrogen) atoms. The molecular weight excluding hydrogens is 286 g/mol. The molecule has 0 aromatic heterocycles. The highest BCUT2D eigenvalue weighted by Gasteiger charge is 2.40. The van der Waals surface area contributed by atoms with Crippen molar-refractivity contribution in [3.63, 3.8) is 0 Å². The quantitative estimate of drug-likeness (QED) is 0.927. The zero-order valence-corrected chi connectivity index (χ0v) is 14.0. The van der Waals surface area contributed by atoms with E-state index in [-0.39, 0.29) is 11.2 Å². The van der Waals surface area contributed by atoms with E-state index >= 15 is 0 Å². The van der Waals surface area contributed by atoms with Crippen molar-refractivity contribution in [2.75, 3.05) is 7.11 Å². The van der Waals surface area contributed by atoms with Crippen molar-refractivity contribution in [2.45, 2.75) is 50.2 Å². The zero-order valence-electron chi connectivity index (χ0n) is 13.2. The van der Waals surface area contributed by atoms with Crippen molar-refractivity contribution < 1.29 is 13.2 Å². The average molecular weight is 311 g/mol. The van der Waals surface area contributed by atoms with Crippen LogP contribution in [0.15, 0.2) is 18.2 Å². The molecule has 0 saturated heterocycles. The van der Waals surface area contributed by atoms with Gasteiger partial charge in [-0.25, -0.2) is 8.42 Å². The fourth-order valence-electron chi connectivity index (χ4n) is 2.95. The Morgan fingerprint density at radius 3 is 2.52 bits per heavy atom. The molecule has 3 atom stereocenters. The highest BCUT2D eigenvalue weighted by Crippen LogP contribution is 2.36. The highest BCUT2D eigenvalue weighted by atomic mass is 32.2. The van der Waals surface area contributed by atoms with E-state index in [0.29, 0.717) is 6.42 Å². The normalized spacial score (nSPS) is 23.7. The van der Waals surface area contributed by atoms with Gasteiger partial charge < -0.3 is 10.5 Å².